The van der Waals surface area contributed by atoms with E-state index < -0.39 is 0 Å². The Morgan fingerprint density at radius 2 is 2.16 bits per heavy atom. The van der Waals surface area contributed by atoms with Crippen molar-refractivity contribution in [2.24, 2.45) is 0 Å². The fraction of sp³-hybridized carbons (Fsp3) is 0.278. The minimum absolute atomic E-state index is 0.305. The van der Waals surface area contributed by atoms with Crippen LogP contribution in [0.2, 0.25) is 0 Å². The van der Waals surface area contributed by atoms with E-state index in [1.165, 1.54) is 6.07 Å². The topological polar surface area (TPSA) is 43.6 Å². The summed E-state index contributed by atoms with van der Waals surface area (Å²) >= 11 is 3.25. The summed E-state index contributed by atoms with van der Waals surface area (Å²) in [6.07, 6.45) is 3.87. The number of benzene rings is 1. The number of rotatable bonds is 8. The summed E-state index contributed by atoms with van der Waals surface area (Å²) in [4.78, 5) is 4.63. The molecule has 0 fully saturated rings. The van der Waals surface area contributed by atoms with E-state index in [0.29, 0.717) is 23.7 Å². The van der Waals surface area contributed by atoms with Crippen LogP contribution in [0.3, 0.4) is 0 Å². The van der Waals surface area contributed by atoms with Gasteiger partial charge >= 0.3 is 0 Å². The van der Waals surface area contributed by atoms with Gasteiger partial charge in [0, 0.05) is 17.7 Å². The van der Waals surface area contributed by atoms with Crippen molar-refractivity contribution < 1.29 is 4.39 Å². The Kier molecular flexibility index (Phi) is 5.99. The number of nitrogens with zero attached hydrogens (tertiary/aromatic N) is 4. The molecule has 0 aliphatic rings. The molecule has 2 heterocycles. The molecule has 0 bridgehead atoms. The molecule has 7 heteroatoms. The number of hydrogen-bond donors (Lipinski definition) is 0. The van der Waals surface area contributed by atoms with Gasteiger partial charge in [-0.05, 0) is 25.0 Å². The lowest BCUT2D eigenvalue weighted by Gasteiger charge is -2.07. The highest BCUT2D eigenvalue weighted by atomic mass is 32.2. The predicted molar refractivity (Wildman–Crippen MR) is 101 cm³/mol. The second-order valence-corrected chi connectivity index (χ2v) is 7.34. The third-order valence-corrected chi connectivity index (χ3v) is 5.51. The Labute approximate surface area is 154 Å². The molecular formula is C18H19FN4S2. The van der Waals surface area contributed by atoms with E-state index in [2.05, 4.69) is 34.1 Å². The van der Waals surface area contributed by atoms with Crippen molar-refractivity contribution in [2.75, 3.05) is 0 Å². The Morgan fingerprint density at radius 1 is 1.32 bits per heavy atom. The van der Waals surface area contributed by atoms with Gasteiger partial charge in [0.05, 0.1) is 16.3 Å². The normalized spacial score (nSPS) is 11.0. The molecule has 2 aromatic heterocycles. The molecule has 1 aromatic carbocycles. The molecule has 0 amide bonds. The van der Waals surface area contributed by atoms with Crippen molar-refractivity contribution in [1.82, 2.24) is 19.7 Å². The summed E-state index contributed by atoms with van der Waals surface area (Å²) in [6.45, 7) is 6.46. The molecular weight excluding hydrogens is 355 g/mol. The molecule has 130 valence electrons. The molecule has 0 radical (unpaired) electrons. The van der Waals surface area contributed by atoms with Crippen LogP contribution >= 0.6 is 23.1 Å². The van der Waals surface area contributed by atoms with Gasteiger partial charge in [0.1, 0.15) is 5.82 Å². The maximum atomic E-state index is 14.1. The van der Waals surface area contributed by atoms with Crippen LogP contribution < -0.4 is 0 Å². The zero-order valence-corrected chi connectivity index (χ0v) is 15.6. The van der Waals surface area contributed by atoms with Gasteiger partial charge in [0.2, 0.25) is 0 Å². The Morgan fingerprint density at radius 3 is 2.92 bits per heavy atom. The average Bonchev–Trinajstić information content (AvgIpc) is 3.21. The number of allylic oxidation sites excluding steroid dienone is 1. The van der Waals surface area contributed by atoms with Crippen LogP contribution in [0.5, 0.6) is 0 Å². The summed E-state index contributed by atoms with van der Waals surface area (Å²) in [5, 5.41) is 12.4. The maximum absolute atomic E-state index is 14.1. The summed E-state index contributed by atoms with van der Waals surface area (Å²) in [7, 11) is 0. The highest BCUT2D eigenvalue weighted by Crippen LogP contribution is 2.28. The summed E-state index contributed by atoms with van der Waals surface area (Å²) in [5.74, 6) is 0.929. The second kappa shape index (κ2) is 8.40. The van der Waals surface area contributed by atoms with Crippen LogP contribution in [0.1, 0.15) is 24.0 Å². The molecule has 0 spiro atoms. The van der Waals surface area contributed by atoms with Gasteiger partial charge in [0.15, 0.2) is 11.0 Å². The maximum Gasteiger partial charge on any atom is 0.192 e. The number of hydrogen-bond acceptors (Lipinski definition) is 5. The van der Waals surface area contributed by atoms with Crippen molar-refractivity contribution in [2.45, 2.75) is 37.2 Å². The third-order valence-electron chi connectivity index (χ3n) is 3.56. The fourth-order valence-electron chi connectivity index (χ4n) is 2.41. The quantitative estimate of drug-likeness (QED) is 0.412. The second-order valence-electron chi connectivity index (χ2n) is 5.46. The molecule has 0 aliphatic carbocycles. The van der Waals surface area contributed by atoms with E-state index in [9.17, 15) is 4.39 Å². The smallest absolute Gasteiger partial charge is 0.192 e. The predicted octanol–water partition coefficient (Wildman–Crippen LogP) is 4.97. The lowest BCUT2D eigenvalue weighted by Crippen LogP contribution is -2.01. The largest absolute Gasteiger partial charge is 0.298 e. The van der Waals surface area contributed by atoms with Gasteiger partial charge in [-0.25, -0.2) is 9.37 Å². The summed E-state index contributed by atoms with van der Waals surface area (Å²) in [6, 6.07) is 6.60. The molecule has 3 aromatic rings. The van der Waals surface area contributed by atoms with E-state index in [1.807, 2.05) is 4.57 Å². The Bertz CT molecular complexity index is 856. The fourth-order valence-corrected chi connectivity index (χ4v) is 4.26. The van der Waals surface area contributed by atoms with Gasteiger partial charge in [-0.2, -0.15) is 0 Å². The molecule has 25 heavy (non-hydrogen) atoms. The van der Waals surface area contributed by atoms with E-state index >= 15 is 0 Å². The van der Waals surface area contributed by atoms with Gasteiger partial charge in [-0.15, -0.1) is 28.1 Å². The molecule has 0 unspecified atom stereocenters. The third kappa shape index (κ3) is 4.16. The lowest BCUT2D eigenvalue weighted by atomic mass is 10.2. The molecule has 0 saturated heterocycles. The number of aromatic nitrogens is 4. The number of halogens is 1. The van der Waals surface area contributed by atoms with Crippen LogP contribution in [0.25, 0.3) is 11.4 Å². The first-order chi connectivity index (χ1) is 12.2. The highest BCUT2D eigenvalue weighted by molar-refractivity contribution is 7.98. The van der Waals surface area contributed by atoms with E-state index in [4.69, 9.17) is 0 Å². The Hall–Kier alpha value is -1.99. The summed E-state index contributed by atoms with van der Waals surface area (Å²) < 4.78 is 16.0. The van der Waals surface area contributed by atoms with Gasteiger partial charge in [0.25, 0.3) is 0 Å². The van der Waals surface area contributed by atoms with Crippen LogP contribution in [0.15, 0.2) is 47.5 Å². The van der Waals surface area contributed by atoms with Crippen LogP contribution in [-0.4, -0.2) is 19.7 Å². The van der Waals surface area contributed by atoms with Crippen molar-refractivity contribution >= 4 is 23.1 Å². The zero-order chi connectivity index (χ0) is 17.6. The van der Waals surface area contributed by atoms with Crippen molar-refractivity contribution in [3.63, 3.8) is 0 Å². The molecule has 3 rings (SSSR count). The first kappa shape index (κ1) is 17.8. The number of thiazole rings is 1. The molecule has 0 aliphatic heterocycles. The lowest BCUT2D eigenvalue weighted by molar-refractivity contribution is 0.626. The monoisotopic (exact) mass is 374 g/mol. The van der Waals surface area contributed by atoms with E-state index in [-0.39, 0.29) is 5.82 Å². The van der Waals surface area contributed by atoms with Crippen molar-refractivity contribution in [3.05, 3.63) is 58.8 Å². The first-order valence-electron chi connectivity index (χ1n) is 8.08. The van der Waals surface area contributed by atoms with E-state index in [1.54, 1.807) is 47.4 Å². The standard InChI is InChI=1S/C18H19FN4S2/c1-3-7-16-20-13(11-24-16)12-25-18-22-21-17(23(18)10-4-2)14-8-5-6-9-15(14)19/h4-6,8-9,11H,2-3,7,10,12H2,1H3. The van der Waals surface area contributed by atoms with Crippen LogP contribution in [0, 0.1) is 5.82 Å². The molecule has 0 N–H and O–H groups in total. The van der Waals surface area contributed by atoms with Gasteiger partial charge in [-0.3, -0.25) is 4.57 Å². The van der Waals surface area contributed by atoms with Gasteiger partial charge < -0.3 is 0 Å². The number of thioether (sulfide) groups is 1. The minimum atomic E-state index is -0.305. The minimum Gasteiger partial charge on any atom is -0.298 e. The molecule has 0 atom stereocenters. The average molecular weight is 375 g/mol. The van der Waals surface area contributed by atoms with Crippen LogP contribution in [0.4, 0.5) is 4.39 Å². The first-order valence-corrected chi connectivity index (χ1v) is 9.94. The van der Waals surface area contributed by atoms with Gasteiger partial charge in [-0.1, -0.05) is 36.9 Å². The van der Waals surface area contributed by atoms with Crippen molar-refractivity contribution in [3.8, 4) is 11.4 Å². The number of aryl methyl sites for hydroxylation is 1. The van der Waals surface area contributed by atoms with Crippen LogP contribution in [-0.2, 0) is 18.7 Å². The molecule has 0 saturated carbocycles. The highest BCUT2D eigenvalue weighted by Gasteiger charge is 2.16. The SMILES string of the molecule is C=CCn1c(SCc2csc(CCC)n2)nnc1-c1ccccc1F. The molecule has 4 nitrogen and oxygen atoms in total. The van der Waals surface area contributed by atoms with Crippen molar-refractivity contribution in [1.29, 1.82) is 0 Å². The summed E-state index contributed by atoms with van der Waals surface area (Å²) in [5.41, 5.74) is 1.49. The van der Waals surface area contributed by atoms with E-state index in [0.717, 1.165) is 28.7 Å². The Balaban J connectivity index is 1.81. The zero-order valence-electron chi connectivity index (χ0n) is 14.0.